The number of anilines is 2. The number of hydrogen-bond acceptors (Lipinski definition) is 5. The van der Waals surface area contributed by atoms with Crippen molar-refractivity contribution in [1.29, 1.82) is 0 Å². The molecule has 0 spiro atoms. The standard InChI is InChI=1S/C30H39F3IN7O/c1-29(2,20-36-39-35)21-5-7-22(8-6-21)37-23-11-15-40(16-12-23)14-3-4-28(42)41-17-13-25(19-41)38-24-9-10-27(34)26(18-24)30(31,32)33/h5-10,18,23,25,37-38H,3-4,11-17,19-20H2,1-2H3. The van der Waals surface area contributed by atoms with Gasteiger partial charge in [-0.25, -0.2) is 0 Å². The monoisotopic (exact) mass is 697 g/mol. The largest absolute Gasteiger partial charge is 0.417 e. The number of nitrogens with zero attached hydrogens (tertiary/aromatic N) is 5. The van der Waals surface area contributed by atoms with Crippen molar-refractivity contribution in [2.24, 2.45) is 5.11 Å². The van der Waals surface area contributed by atoms with Crippen LogP contribution in [0.4, 0.5) is 24.5 Å². The van der Waals surface area contributed by atoms with Gasteiger partial charge in [-0.3, -0.25) is 4.79 Å². The molecule has 1 unspecified atom stereocenters. The van der Waals surface area contributed by atoms with Gasteiger partial charge < -0.3 is 20.4 Å². The van der Waals surface area contributed by atoms with Crippen LogP contribution >= 0.6 is 22.6 Å². The molecule has 0 radical (unpaired) electrons. The van der Waals surface area contributed by atoms with Gasteiger partial charge in [0, 0.05) is 71.1 Å². The number of halogens is 4. The van der Waals surface area contributed by atoms with Crippen molar-refractivity contribution in [3.8, 4) is 0 Å². The number of carbonyl (C=O) groups excluding carboxylic acids is 1. The normalized spacial score (nSPS) is 18.5. The van der Waals surface area contributed by atoms with Gasteiger partial charge in [0.2, 0.25) is 5.91 Å². The first-order valence-corrected chi connectivity index (χ1v) is 15.5. The fourth-order valence-electron chi connectivity index (χ4n) is 5.64. The summed E-state index contributed by atoms with van der Waals surface area (Å²) in [5.74, 6) is 0.112. The SMILES string of the molecule is CC(C)(CN=[N+]=[N-])c1ccc(NC2CCN(CCCC(=O)N3CCC(Nc4ccc(I)c(C(F)(F)F)c4)C3)CC2)cc1. The number of carbonyl (C=O) groups is 1. The number of azide groups is 1. The van der Waals surface area contributed by atoms with Gasteiger partial charge in [0.25, 0.3) is 0 Å². The van der Waals surface area contributed by atoms with Crippen molar-refractivity contribution in [3.05, 3.63) is 67.6 Å². The molecule has 1 amide bonds. The topological polar surface area (TPSA) is 96.4 Å². The maximum absolute atomic E-state index is 13.2. The highest BCUT2D eigenvalue weighted by Gasteiger charge is 2.34. The molecule has 4 rings (SSSR count). The number of nitrogens with one attached hydrogen (secondary N) is 2. The fourth-order valence-corrected chi connectivity index (χ4v) is 6.28. The lowest BCUT2D eigenvalue weighted by Crippen LogP contribution is -2.40. The van der Waals surface area contributed by atoms with Crippen LogP contribution in [0, 0.1) is 3.57 Å². The Kier molecular flexibility index (Phi) is 10.9. The maximum Gasteiger partial charge on any atom is 0.417 e. The molecule has 0 saturated carbocycles. The molecular weight excluding hydrogens is 658 g/mol. The summed E-state index contributed by atoms with van der Waals surface area (Å²) < 4.78 is 39.9. The van der Waals surface area contributed by atoms with E-state index < -0.39 is 11.7 Å². The van der Waals surface area contributed by atoms with Gasteiger partial charge in [-0.05, 0) is 102 Å². The van der Waals surface area contributed by atoms with Gasteiger partial charge in [0.1, 0.15) is 0 Å². The molecule has 228 valence electrons. The Morgan fingerprint density at radius 2 is 1.67 bits per heavy atom. The Bertz CT molecular complexity index is 1260. The van der Waals surface area contributed by atoms with Crippen LogP contribution in [0.3, 0.4) is 0 Å². The van der Waals surface area contributed by atoms with Crippen LogP contribution < -0.4 is 10.6 Å². The summed E-state index contributed by atoms with van der Waals surface area (Å²) >= 11 is 1.70. The van der Waals surface area contributed by atoms with E-state index in [1.54, 1.807) is 28.7 Å². The molecule has 0 aliphatic carbocycles. The Hall–Kier alpha value is -2.70. The second-order valence-electron chi connectivity index (χ2n) is 11.9. The minimum Gasteiger partial charge on any atom is -0.382 e. The molecule has 2 N–H and O–H groups in total. The number of piperidine rings is 1. The highest BCUT2D eigenvalue weighted by atomic mass is 127. The van der Waals surface area contributed by atoms with E-state index >= 15 is 0 Å². The molecule has 2 aliphatic heterocycles. The second-order valence-corrected chi connectivity index (χ2v) is 13.0. The number of rotatable bonds is 11. The van der Waals surface area contributed by atoms with Gasteiger partial charge in [-0.1, -0.05) is 31.1 Å². The van der Waals surface area contributed by atoms with Crippen LogP contribution in [0.2, 0.25) is 0 Å². The molecule has 12 heteroatoms. The number of likely N-dealkylation sites (tertiary alicyclic amines) is 2. The lowest BCUT2D eigenvalue weighted by atomic mass is 9.85. The number of hydrogen-bond donors (Lipinski definition) is 2. The zero-order valence-corrected chi connectivity index (χ0v) is 26.3. The summed E-state index contributed by atoms with van der Waals surface area (Å²) in [6.45, 7) is 8.52. The summed E-state index contributed by atoms with van der Waals surface area (Å²) in [5.41, 5.74) is 10.4. The highest BCUT2D eigenvalue weighted by Crippen LogP contribution is 2.35. The molecular formula is C30H39F3IN7O. The van der Waals surface area contributed by atoms with E-state index in [2.05, 4.69) is 63.7 Å². The number of amides is 1. The lowest BCUT2D eigenvalue weighted by molar-refractivity contribution is -0.138. The average molecular weight is 698 g/mol. The Balaban J connectivity index is 1.14. The van der Waals surface area contributed by atoms with E-state index in [0.717, 1.165) is 62.6 Å². The molecule has 2 heterocycles. The molecule has 42 heavy (non-hydrogen) atoms. The molecule has 2 aliphatic rings. The fraction of sp³-hybridized carbons (Fsp3) is 0.567. The Morgan fingerprint density at radius 3 is 2.33 bits per heavy atom. The third-order valence-electron chi connectivity index (χ3n) is 8.20. The predicted molar refractivity (Wildman–Crippen MR) is 169 cm³/mol. The van der Waals surface area contributed by atoms with Crippen LogP contribution in [0.5, 0.6) is 0 Å². The van der Waals surface area contributed by atoms with Crippen molar-refractivity contribution in [3.63, 3.8) is 0 Å². The van der Waals surface area contributed by atoms with Crippen molar-refractivity contribution >= 4 is 39.9 Å². The van der Waals surface area contributed by atoms with E-state index in [4.69, 9.17) is 5.53 Å². The minimum absolute atomic E-state index is 0.0537. The number of benzene rings is 2. The minimum atomic E-state index is -4.39. The van der Waals surface area contributed by atoms with E-state index in [-0.39, 0.29) is 20.9 Å². The molecule has 0 aromatic heterocycles. The van der Waals surface area contributed by atoms with Gasteiger partial charge in [0.15, 0.2) is 0 Å². The van der Waals surface area contributed by atoms with Crippen molar-refractivity contribution in [1.82, 2.24) is 9.80 Å². The lowest BCUT2D eigenvalue weighted by Gasteiger charge is -2.33. The predicted octanol–water partition coefficient (Wildman–Crippen LogP) is 7.27. The molecule has 8 nitrogen and oxygen atoms in total. The zero-order chi connectivity index (χ0) is 30.3. The van der Waals surface area contributed by atoms with E-state index in [1.165, 1.54) is 6.07 Å². The molecule has 2 saturated heterocycles. The van der Waals surface area contributed by atoms with Crippen molar-refractivity contribution < 1.29 is 18.0 Å². The second kappa shape index (κ2) is 14.2. The summed E-state index contributed by atoms with van der Waals surface area (Å²) in [7, 11) is 0. The number of alkyl halides is 3. The van der Waals surface area contributed by atoms with E-state index in [1.807, 2.05) is 4.90 Å². The Labute approximate surface area is 259 Å². The van der Waals surface area contributed by atoms with Crippen molar-refractivity contribution in [2.75, 3.05) is 49.9 Å². The van der Waals surface area contributed by atoms with Crippen LogP contribution in [-0.4, -0.2) is 67.1 Å². The summed E-state index contributed by atoms with van der Waals surface area (Å²) in [6.07, 6.45) is -0.328. The third-order valence-corrected chi connectivity index (χ3v) is 9.14. The van der Waals surface area contributed by atoms with Gasteiger partial charge in [0.05, 0.1) is 5.56 Å². The summed E-state index contributed by atoms with van der Waals surface area (Å²) in [5, 5.41) is 10.6. The van der Waals surface area contributed by atoms with Gasteiger partial charge in [-0.2, -0.15) is 13.2 Å². The van der Waals surface area contributed by atoms with Gasteiger partial charge >= 0.3 is 6.18 Å². The summed E-state index contributed by atoms with van der Waals surface area (Å²) in [6, 6.07) is 13.0. The van der Waals surface area contributed by atoms with E-state index in [9.17, 15) is 18.0 Å². The van der Waals surface area contributed by atoms with Crippen molar-refractivity contribution in [2.45, 2.75) is 69.6 Å². The van der Waals surface area contributed by atoms with E-state index in [0.29, 0.717) is 37.8 Å². The van der Waals surface area contributed by atoms with Gasteiger partial charge in [-0.15, -0.1) is 0 Å². The zero-order valence-electron chi connectivity index (χ0n) is 24.1. The Morgan fingerprint density at radius 1 is 1.02 bits per heavy atom. The summed E-state index contributed by atoms with van der Waals surface area (Å²) in [4.78, 5) is 19.9. The molecule has 2 aromatic carbocycles. The molecule has 2 aromatic rings. The average Bonchev–Trinajstić information content (AvgIpc) is 3.42. The third kappa shape index (κ3) is 8.90. The highest BCUT2D eigenvalue weighted by molar-refractivity contribution is 14.1. The van der Waals surface area contributed by atoms with Crippen LogP contribution in [-0.2, 0) is 16.4 Å². The molecule has 2 fully saturated rings. The molecule has 1 atom stereocenters. The molecule has 0 bridgehead atoms. The van der Waals surface area contributed by atoms with Crippen LogP contribution in [0.25, 0.3) is 10.4 Å². The van der Waals surface area contributed by atoms with Crippen LogP contribution in [0.1, 0.15) is 57.1 Å². The first-order valence-electron chi connectivity index (χ1n) is 14.5. The first-order chi connectivity index (χ1) is 19.9. The first kappa shape index (κ1) is 32.2. The smallest absolute Gasteiger partial charge is 0.382 e. The van der Waals surface area contributed by atoms with Crippen LogP contribution in [0.15, 0.2) is 47.6 Å². The quantitative estimate of drug-likeness (QED) is 0.112. The maximum atomic E-state index is 13.2.